The number of anilines is 1. The summed E-state index contributed by atoms with van der Waals surface area (Å²) < 4.78 is 7.37. The van der Waals surface area contributed by atoms with Crippen LogP contribution in [0.5, 0.6) is 0 Å². The van der Waals surface area contributed by atoms with Crippen LogP contribution in [0.15, 0.2) is 24.4 Å². The van der Waals surface area contributed by atoms with Gasteiger partial charge in [0, 0.05) is 25.2 Å². The zero-order valence-electron chi connectivity index (χ0n) is 12.7. The number of fused-ring (bicyclic) bond motifs is 2. The van der Waals surface area contributed by atoms with Crippen molar-refractivity contribution in [1.82, 2.24) is 14.3 Å². The van der Waals surface area contributed by atoms with Crippen molar-refractivity contribution >= 4 is 17.3 Å². The molecule has 2 aliphatic rings. The summed E-state index contributed by atoms with van der Waals surface area (Å²) in [6.45, 7) is 3.27. The average Bonchev–Trinajstić information content (AvgIpc) is 3.16. The van der Waals surface area contributed by atoms with Crippen LogP contribution in [0.25, 0.3) is 5.65 Å². The molecule has 0 saturated carbocycles. The molecule has 8 heteroatoms. The molecule has 2 saturated heterocycles. The molecule has 0 aliphatic carbocycles. The third kappa shape index (κ3) is 2.64. The maximum atomic E-state index is 11.4. The third-order valence-corrected chi connectivity index (χ3v) is 4.64. The van der Waals surface area contributed by atoms with Gasteiger partial charge in [-0.2, -0.15) is 9.38 Å². The topological polar surface area (TPSA) is 84.9 Å². The van der Waals surface area contributed by atoms with Crippen LogP contribution >= 0.6 is 0 Å². The number of nitrogens with zero attached hydrogens (tertiary/aromatic N) is 4. The van der Waals surface area contributed by atoms with Gasteiger partial charge in [0.1, 0.15) is 0 Å². The maximum Gasteiger partial charge on any atom is 0.372 e. The Balaban J connectivity index is 1.49. The molecule has 2 atom stereocenters. The van der Waals surface area contributed by atoms with Crippen LogP contribution in [0.2, 0.25) is 0 Å². The van der Waals surface area contributed by atoms with E-state index in [4.69, 9.17) is 4.74 Å². The van der Waals surface area contributed by atoms with E-state index in [9.17, 15) is 10.1 Å². The predicted octanol–water partition coefficient (Wildman–Crippen LogP) is 1.52. The van der Waals surface area contributed by atoms with Gasteiger partial charge in [-0.15, -0.1) is 0 Å². The molecule has 2 aliphatic heterocycles. The highest BCUT2D eigenvalue weighted by Crippen LogP contribution is 2.26. The number of nitrogens with one attached hydrogen (secondary N) is 1. The molecule has 2 aromatic heterocycles. The van der Waals surface area contributed by atoms with E-state index in [1.807, 2.05) is 6.07 Å². The Labute approximate surface area is 133 Å². The number of rotatable bonds is 4. The molecule has 0 amide bonds. The first-order chi connectivity index (χ1) is 11.2. The van der Waals surface area contributed by atoms with Crippen molar-refractivity contribution in [2.75, 3.05) is 31.6 Å². The number of morpholine rings is 1. The molecule has 0 bridgehead atoms. The molecule has 0 radical (unpaired) electrons. The summed E-state index contributed by atoms with van der Waals surface area (Å²) in [6.07, 6.45) is 4.12. The molecular formula is C15H19N5O3. The van der Waals surface area contributed by atoms with E-state index in [0.29, 0.717) is 24.1 Å². The number of aromatic nitrogens is 2. The zero-order valence-corrected chi connectivity index (χ0v) is 12.7. The Bertz CT molecular complexity index is 731. The Morgan fingerprint density at radius 1 is 1.48 bits per heavy atom. The minimum absolute atomic E-state index is 0.0320. The minimum Gasteiger partial charge on any atom is -0.373 e. The highest BCUT2D eigenvalue weighted by atomic mass is 16.6. The summed E-state index contributed by atoms with van der Waals surface area (Å²) >= 11 is 0. The molecule has 4 rings (SSSR count). The average molecular weight is 317 g/mol. The van der Waals surface area contributed by atoms with Crippen molar-refractivity contribution in [1.29, 1.82) is 0 Å². The van der Waals surface area contributed by atoms with Crippen LogP contribution in [-0.4, -0.2) is 57.6 Å². The molecule has 0 spiro atoms. The van der Waals surface area contributed by atoms with Crippen LogP contribution in [0.4, 0.5) is 11.6 Å². The molecular weight excluding hydrogens is 298 g/mol. The molecule has 1 N–H and O–H groups in total. The van der Waals surface area contributed by atoms with Crippen molar-refractivity contribution in [2.24, 2.45) is 0 Å². The SMILES string of the molecule is O=[N+]([O-])c1c(NC[C@H]2CN3CCC[C@H]3CO2)nc2ccccn12. The zero-order chi connectivity index (χ0) is 15.8. The lowest BCUT2D eigenvalue weighted by Crippen LogP contribution is -2.48. The fourth-order valence-electron chi connectivity index (χ4n) is 3.50. The second kappa shape index (κ2) is 5.78. The molecule has 8 nitrogen and oxygen atoms in total. The number of imidazole rings is 1. The number of pyridine rings is 1. The van der Waals surface area contributed by atoms with Crippen LogP contribution in [-0.2, 0) is 4.74 Å². The van der Waals surface area contributed by atoms with Gasteiger partial charge in [0.2, 0.25) is 11.5 Å². The van der Waals surface area contributed by atoms with Crippen molar-refractivity contribution in [3.05, 3.63) is 34.5 Å². The molecule has 2 aromatic rings. The number of ether oxygens (including phenoxy) is 1. The second-order valence-electron chi connectivity index (χ2n) is 6.10. The van der Waals surface area contributed by atoms with Crippen LogP contribution in [0.1, 0.15) is 12.8 Å². The number of hydrogen-bond acceptors (Lipinski definition) is 6. The van der Waals surface area contributed by atoms with Crippen molar-refractivity contribution in [3.63, 3.8) is 0 Å². The first kappa shape index (κ1) is 14.4. The van der Waals surface area contributed by atoms with E-state index >= 15 is 0 Å². The molecule has 23 heavy (non-hydrogen) atoms. The van der Waals surface area contributed by atoms with Gasteiger partial charge >= 0.3 is 5.82 Å². The normalized spacial score (nSPS) is 24.7. The van der Waals surface area contributed by atoms with Gasteiger partial charge < -0.3 is 20.2 Å². The molecule has 2 fully saturated rings. The van der Waals surface area contributed by atoms with E-state index in [2.05, 4.69) is 15.2 Å². The van der Waals surface area contributed by atoms with E-state index in [-0.39, 0.29) is 11.9 Å². The Morgan fingerprint density at radius 3 is 3.26 bits per heavy atom. The quantitative estimate of drug-likeness (QED) is 0.680. The van der Waals surface area contributed by atoms with E-state index < -0.39 is 4.92 Å². The van der Waals surface area contributed by atoms with E-state index in [1.54, 1.807) is 18.3 Å². The van der Waals surface area contributed by atoms with Crippen LogP contribution in [0, 0.1) is 10.1 Å². The number of hydrogen-bond donors (Lipinski definition) is 1. The molecule has 122 valence electrons. The molecule has 0 unspecified atom stereocenters. The summed E-state index contributed by atoms with van der Waals surface area (Å²) in [4.78, 5) is 17.7. The minimum atomic E-state index is -0.402. The standard InChI is InChI=1S/C15H19N5O3/c21-20(22)15-14(17-13-5-1-2-7-19(13)15)16-8-12-9-18-6-3-4-11(18)10-23-12/h1-2,5,7,11-12,16H,3-4,6,8-10H2/t11-,12-/m0/s1. The van der Waals surface area contributed by atoms with Crippen LogP contribution in [0.3, 0.4) is 0 Å². The largest absolute Gasteiger partial charge is 0.373 e. The monoisotopic (exact) mass is 317 g/mol. The molecule has 0 aromatic carbocycles. The summed E-state index contributed by atoms with van der Waals surface area (Å²) in [7, 11) is 0. The van der Waals surface area contributed by atoms with Gasteiger partial charge in [-0.1, -0.05) is 6.07 Å². The van der Waals surface area contributed by atoms with Crippen molar-refractivity contribution in [3.8, 4) is 0 Å². The summed E-state index contributed by atoms with van der Waals surface area (Å²) in [5.74, 6) is 0.267. The Morgan fingerprint density at radius 2 is 2.39 bits per heavy atom. The maximum absolute atomic E-state index is 11.4. The van der Waals surface area contributed by atoms with Gasteiger partial charge in [-0.25, -0.2) is 0 Å². The Kier molecular flexibility index (Phi) is 3.62. The van der Waals surface area contributed by atoms with Crippen LogP contribution < -0.4 is 5.32 Å². The molecule has 4 heterocycles. The lowest BCUT2D eigenvalue weighted by Gasteiger charge is -2.35. The van der Waals surface area contributed by atoms with Gasteiger partial charge in [0.25, 0.3) is 0 Å². The lowest BCUT2D eigenvalue weighted by molar-refractivity contribution is -0.389. The second-order valence-corrected chi connectivity index (χ2v) is 6.10. The van der Waals surface area contributed by atoms with Crippen molar-refractivity contribution < 1.29 is 9.66 Å². The third-order valence-electron chi connectivity index (χ3n) is 4.64. The fourth-order valence-corrected chi connectivity index (χ4v) is 3.50. The van der Waals surface area contributed by atoms with Gasteiger partial charge in [-0.3, -0.25) is 4.90 Å². The first-order valence-electron chi connectivity index (χ1n) is 7.93. The number of nitro groups is 1. The highest BCUT2D eigenvalue weighted by molar-refractivity contribution is 5.62. The lowest BCUT2D eigenvalue weighted by atomic mass is 10.2. The van der Waals surface area contributed by atoms with Gasteiger partial charge in [0.15, 0.2) is 0 Å². The first-order valence-corrected chi connectivity index (χ1v) is 7.93. The summed E-state index contributed by atoms with van der Waals surface area (Å²) in [5.41, 5.74) is 0.561. The Hall–Kier alpha value is -2.19. The van der Waals surface area contributed by atoms with Crippen molar-refractivity contribution in [2.45, 2.75) is 25.0 Å². The smallest absolute Gasteiger partial charge is 0.372 e. The van der Waals surface area contributed by atoms with Gasteiger partial charge in [0.05, 0.1) is 18.9 Å². The summed E-state index contributed by atoms with van der Waals surface area (Å²) in [6, 6.07) is 5.87. The van der Waals surface area contributed by atoms with E-state index in [0.717, 1.165) is 19.7 Å². The fraction of sp³-hybridized carbons (Fsp3) is 0.533. The van der Waals surface area contributed by atoms with E-state index in [1.165, 1.54) is 17.2 Å². The predicted molar refractivity (Wildman–Crippen MR) is 84.7 cm³/mol. The summed E-state index contributed by atoms with van der Waals surface area (Å²) in [5, 5.41) is 14.5. The highest BCUT2D eigenvalue weighted by Gasteiger charge is 2.32. The van der Waals surface area contributed by atoms with Gasteiger partial charge in [-0.05, 0) is 30.4 Å².